The number of para-hydroxylation sites is 1. The summed E-state index contributed by atoms with van der Waals surface area (Å²) in [4.78, 5) is 27.7. The average molecular weight is 420 g/mol. The number of benzene rings is 2. The molecule has 1 aromatic heterocycles. The van der Waals surface area contributed by atoms with Gasteiger partial charge >= 0.3 is 0 Å². The lowest BCUT2D eigenvalue weighted by Crippen LogP contribution is -2.38. The third-order valence-corrected chi connectivity index (χ3v) is 4.95. The highest BCUT2D eigenvalue weighted by atomic mass is 16.2. The molecular formula is C24H29N5O2. The van der Waals surface area contributed by atoms with Gasteiger partial charge < -0.3 is 10.2 Å². The number of rotatable bonds is 8. The predicted octanol–water partition coefficient (Wildman–Crippen LogP) is 3.06. The SMILES string of the molecule is CCc1ccc(-c2cc(NC(=O)CN(C)CC(=O)N(C)C)n(-c3ccccc3)n2)cc1. The van der Waals surface area contributed by atoms with Crippen molar-refractivity contribution in [1.29, 1.82) is 0 Å². The van der Waals surface area contributed by atoms with Crippen LogP contribution in [-0.2, 0) is 16.0 Å². The van der Waals surface area contributed by atoms with E-state index in [4.69, 9.17) is 5.10 Å². The van der Waals surface area contributed by atoms with Crippen molar-refractivity contribution in [1.82, 2.24) is 19.6 Å². The Morgan fingerprint density at radius 1 is 0.968 bits per heavy atom. The molecule has 0 aliphatic carbocycles. The van der Waals surface area contributed by atoms with Crippen LogP contribution in [0.2, 0.25) is 0 Å². The summed E-state index contributed by atoms with van der Waals surface area (Å²) in [5.74, 6) is 0.319. The predicted molar refractivity (Wildman–Crippen MR) is 123 cm³/mol. The van der Waals surface area contributed by atoms with E-state index in [9.17, 15) is 9.59 Å². The second-order valence-corrected chi connectivity index (χ2v) is 7.72. The number of aryl methyl sites for hydroxylation is 1. The van der Waals surface area contributed by atoms with Gasteiger partial charge in [0.2, 0.25) is 11.8 Å². The van der Waals surface area contributed by atoms with Gasteiger partial charge in [-0.15, -0.1) is 0 Å². The van der Waals surface area contributed by atoms with Crippen LogP contribution in [0.3, 0.4) is 0 Å². The van der Waals surface area contributed by atoms with Crippen molar-refractivity contribution in [2.24, 2.45) is 0 Å². The zero-order valence-corrected chi connectivity index (χ0v) is 18.5. The summed E-state index contributed by atoms with van der Waals surface area (Å²) in [7, 11) is 5.14. The normalized spacial score (nSPS) is 10.9. The topological polar surface area (TPSA) is 70.5 Å². The minimum Gasteiger partial charge on any atom is -0.348 e. The second-order valence-electron chi connectivity index (χ2n) is 7.72. The fraction of sp³-hybridized carbons (Fsp3) is 0.292. The van der Waals surface area contributed by atoms with Gasteiger partial charge in [-0.3, -0.25) is 14.5 Å². The van der Waals surface area contributed by atoms with Gasteiger partial charge in [0.1, 0.15) is 5.82 Å². The van der Waals surface area contributed by atoms with E-state index in [1.54, 1.807) is 30.7 Å². The number of amides is 2. The van der Waals surface area contributed by atoms with Crippen molar-refractivity contribution in [3.05, 3.63) is 66.2 Å². The van der Waals surface area contributed by atoms with Gasteiger partial charge in [-0.1, -0.05) is 49.4 Å². The van der Waals surface area contributed by atoms with Crippen LogP contribution in [0.1, 0.15) is 12.5 Å². The smallest absolute Gasteiger partial charge is 0.239 e. The number of likely N-dealkylation sites (N-methyl/N-ethyl adjacent to an activating group) is 2. The maximum Gasteiger partial charge on any atom is 0.239 e. The summed E-state index contributed by atoms with van der Waals surface area (Å²) in [5, 5.41) is 7.69. The molecule has 0 saturated heterocycles. The van der Waals surface area contributed by atoms with Gasteiger partial charge in [-0.2, -0.15) is 5.10 Å². The van der Waals surface area contributed by atoms with Gasteiger partial charge in [0.25, 0.3) is 0 Å². The van der Waals surface area contributed by atoms with Gasteiger partial charge in [-0.05, 0) is 31.2 Å². The molecule has 0 radical (unpaired) electrons. The summed E-state index contributed by atoms with van der Waals surface area (Å²) in [6.45, 7) is 2.39. The first-order valence-corrected chi connectivity index (χ1v) is 10.3. The lowest BCUT2D eigenvalue weighted by Gasteiger charge is -2.18. The molecule has 1 heterocycles. The summed E-state index contributed by atoms with van der Waals surface area (Å²) >= 11 is 0. The zero-order valence-electron chi connectivity index (χ0n) is 18.5. The molecule has 2 amide bonds. The fourth-order valence-corrected chi connectivity index (χ4v) is 3.14. The van der Waals surface area contributed by atoms with E-state index in [0.717, 1.165) is 23.4 Å². The molecule has 7 heteroatoms. The summed E-state index contributed by atoms with van der Waals surface area (Å²) in [5.41, 5.74) is 3.87. The van der Waals surface area contributed by atoms with Crippen LogP contribution >= 0.6 is 0 Å². The van der Waals surface area contributed by atoms with Gasteiger partial charge in [0, 0.05) is 25.7 Å². The molecule has 0 aliphatic heterocycles. The molecule has 31 heavy (non-hydrogen) atoms. The molecule has 0 bridgehead atoms. The van der Waals surface area contributed by atoms with Crippen LogP contribution in [0, 0.1) is 0 Å². The third-order valence-electron chi connectivity index (χ3n) is 4.95. The number of aromatic nitrogens is 2. The highest BCUT2D eigenvalue weighted by Gasteiger charge is 2.16. The van der Waals surface area contributed by atoms with Crippen LogP contribution < -0.4 is 5.32 Å². The Hall–Kier alpha value is -3.45. The molecular weight excluding hydrogens is 390 g/mol. The fourth-order valence-electron chi connectivity index (χ4n) is 3.14. The molecule has 0 fully saturated rings. The van der Waals surface area contributed by atoms with Crippen LogP contribution in [0.5, 0.6) is 0 Å². The van der Waals surface area contributed by atoms with Gasteiger partial charge in [0.15, 0.2) is 0 Å². The summed E-state index contributed by atoms with van der Waals surface area (Å²) < 4.78 is 1.73. The Morgan fingerprint density at radius 3 is 2.26 bits per heavy atom. The Bertz CT molecular complexity index is 1030. The standard InChI is InChI=1S/C24H29N5O2/c1-5-18-11-13-19(14-12-18)21-15-22(29(26-21)20-9-7-6-8-10-20)25-23(30)16-28(4)17-24(31)27(2)3/h6-15H,5,16-17H2,1-4H3,(H,25,30). The maximum absolute atomic E-state index is 12.7. The van der Waals surface area contributed by atoms with Crippen molar-refractivity contribution >= 4 is 17.6 Å². The van der Waals surface area contributed by atoms with Gasteiger partial charge in [-0.25, -0.2) is 4.68 Å². The first-order chi connectivity index (χ1) is 14.9. The molecule has 1 N–H and O–H groups in total. The maximum atomic E-state index is 12.7. The molecule has 2 aromatic carbocycles. The Balaban J connectivity index is 1.83. The summed E-state index contributed by atoms with van der Waals surface area (Å²) in [6.07, 6.45) is 0.976. The van der Waals surface area contributed by atoms with Crippen molar-refractivity contribution in [2.45, 2.75) is 13.3 Å². The quantitative estimate of drug-likeness (QED) is 0.609. The van der Waals surface area contributed by atoms with Crippen LogP contribution in [-0.4, -0.2) is 65.6 Å². The molecule has 162 valence electrons. The average Bonchev–Trinajstić information content (AvgIpc) is 3.17. The number of hydrogen-bond donors (Lipinski definition) is 1. The molecule has 7 nitrogen and oxygen atoms in total. The van der Waals surface area contributed by atoms with Crippen LogP contribution in [0.15, 0.2) is 60.7 Å². The van der Waals surface area contributed by atoms with Crippen LogP contribution in [0.4, 0.5) is 5.82 Å². The molecule has 0 saturated carbocycles. The zero-order chi connectivity index (χ0) is 22.4. The summed E-state index contributed by atoms with van der Waals surface area (Å²) in [6, 6.07) is 19.8. The number of nitrogens with zero attached hydrogens (tertiary/aromatic N) is 4. The van der Waals surface area contributed by atoms with Crippen molar-refractivity contribution in [3.8, 4) is 16.9 Å². The van der Waals surface area contributed by atoms with Gasteiger partial charge in [0.05, 0.1) is 24.5 Å². The van der Waals surface area contributed by atoms with E-state index in [0.29, 0.717) is 5.82 Å². The molecule has 0 atom stereocenters. The van der Waals surface area contributed by atoms with Crippen LogP contribution in [0.25, 0.3) is 16.9 Å². The van der Waals surface area contributed by atoms with E-state index >= 15 is 0 Å². The monoisotopic (exact) mass is 419 g/mol. The highest BCUT2D eigenvalue weighted by Crippen LogP contribution is 2.25. The Labute approximate surface area is 183 Å². The first kappa shape index (κ1) is 22.2. The molecule has 0 aliphatic rings. The first-order valence-electron chi connectivity index (χ1n) is 10.3. The number of hydrogen-bond acceptors (Lipinski definition) is 4. The lowest BCUT2D eigenvalue weighted by molar-refractivity contribution is -0.130. The van der Waals surface area contributed by atoms with E-state index < -0.39 is 0 Å². The second kappa shape index (κ2) is 10.0. The number of carbonyl (C=O) groups is 2. The molecule has 3 aromatic rings. The minimum absolute atomic E-state index is 0.0533. The van der Waals surface area contributed by atoms with Crippen molar-refractivity contribution in [2.75, 3.05) is 39.5 Å². The molecule has 0 unspecified atom stereocenters. The molecule has 0 spiro atoms. The number of nitrogens with one attached hydrogen (secondary N) is 1. The van der Waals surface area contributed by atoms with E-state index in [1.165, 1.54) is 10.5 Å². The number of anilines is 1. The Kier molecular flexibility index (Phi) is 7.20. The third kappa shape index (κ3) is 5.79. The van der Waals surface area contributed by atoms with Crippen molar-refractivity contribution < 1.29 is 9.59 Å². The Morgan fingerprint density at radius 2 is 1.65 bits per heavy atom. The molecule has 3 rings (SSSR count). The lowest BCUT2D eigenvalue weighted by atomic mass is 10.1. The minimum atomic E-state index is -0.209. The number of carbonyl (C=O) groups excluding carboxylic acids is 2. The van der Waals surface area contributed by atoms with E-state index in [1.807, 2.05) is 48.5 Å². The van der Waals surface area contributed by atoms with E-state index in [2.05, 4.69) is 24.4 Å². The highest BCUT2D eigenvalue weighted by molar-refractivity contribution is 5.92. The van der Waals surface area contributed by atoms with Crippen molar-refractivity contribution in [3.63, 3.8) is 0 Å². The van der Waals surface area contributed by atoms with E-state index in [-0.39, 0.29) is 24.9 Å². The largest absolute Gasteiger partial charge is 0.348 e.